The summed E-state index contributed by atoms with van der Waals surface area (Å²) in [6.45, 7) is 8.93. The van der Waals surface area contributed by atoms with Crippen LogP contribution in [0.15, 0.2) is 81.7 Å². The van der Waals surface area contributed by atoms with Crippen molar-refractivity contribution in [3.8, 4) is 0 Å². The zero-order valence-corrected chi connectivity index (χ0v) is 38.1. The molecule has 5 nitrogen and oxygen atoms in total. The summed E-state index contributed by atoms with van der Waals surface area (Å²) in [5.74, 6) is 2.20. The molecule has 0 amide bonds. The lowest BCUT2D eigenvalue weighted by Gasteiger charge is -2.14. The summed E-state index contributed by atoms with van der Waals surface area (Å²) in [5.41, 5.74) is 13.2. The third-order valence-electron chi connectivity index (χ3n) is 11.7. The van der Waals surface area contributed by atoms with Crippen molar-refractivity contribution in [2.75, 3.05) is 33.3 Å². The summed E-state index contributed by atoms with van der Waals surface area (Å²) in [7, 11) is 5.37. The summed E-state index contributed by atoms with van der Waals surface area (Å²) >= 11 is 10.5. The number of ether oxygens (including phenoxy) is 3. The van der Waals surface area contributed by atoms with Gasteiger partial charge in [0.05, 0.1) is 18.3 Å². The van der Waals surface area contributed by atoms with Crippen LogP contribution in [-0.4, -0.2) is 44.2 Å². The van der Waals surface area contributed by atoms with E-state index < -0.39 is 0 Å². The van der Waals surface area contributed by atoms with Crippen LogP contribution in [0.5, 0.6) is 0 Å². The van der Waals surface area contributed by atoms with E-state index >= 15 is 0 Å². The van der Waals surface area contributed by atoms with E-state index in [0.717, 1.165) is 53.9 Å². The SMILES string of the molecule is CC1Cc2c(Br)cccc2C1=O.COC1c2cccc(Br)c2CC1C.COC1c2cccc(CCBr)c2CC1C.COC1c2cccc(CCO)c2CC1C. The number of aliphatic hydroxyl groups excluding tert-OH is 1. The standard InChI is InChI=1S/C13H17BrO.C13H18O2.C11H13BrO.C10H9BrO/c2*1-9-8-12-10(6-7-14)4-3-5-11(12)13(9)15-2;1-7-6-9-8(11(7)13-2)4-3-5-10(9)12;1-6-5-8-7(10(6)12)3-2-4-9(8)11/h3-5,9,13H,6-8H2,1-2H3;3-5,9,13-14H,6-8H2,1-2H3;3-5,7,11H,6H2,1-2H3;2-4,6H,5H2,1H3. The number of hydrogen-bond donors (Lipinski definition) is 1. The molecule has 4 aromatic rings. The first kappa shape index (κ1) is 43.9. The summed E-state index contributed by atoms with van der Waals surface area (Å²) in [6.07, 6.45) is 6.94. The van der Waals surface area contributed by atoms with E-state index in [2.05, 4.69) is 123 Å². The van der Waals surface area contributed by atoms with Crippen molar-refractivity contribution >= 4 is 53.6 Å². The molecule has 4 aliphatic rings. The summed E-state index contributed by atoms with van der Waals surface area (Å²) in [6, 6.07) is 25.1. The average molecular weight is 942 g/mol. The molecule has 0 saturated carbocycles. The van der Waals surface area contributed by atoms with Crippen LogP contribution in [0, 0.1) is 23.7 Å². The predicted molar refractivity (Wildman–Crippen MR) is 235 cm³/mol. The largest absolute Gasteiger partial charge is 0.396 e. The van der Waals surface area contributed by atoms with Crippen LogP contribution >= 0.6 is 47.8 Å². The third kappa shape index (κ3) is 9.93. The van der Waals surface area contributed by atoms with Gasteiger partial charge in [-0.2, -0.15) is 0 Å². The number of methoxy groups -OCH3 is 3. The number of ketones is 1. The second-order valence-electron chi connectivity index (χ2n) is 15.4. The quantitative estimate of drug-likeness (QED) is 0.187. The zero-order valence-electron chi connectivity index (χ0n) is 33.3. The van der Waals surface area contributed by atoms with Crippen LogP contribution in [0.2, 0.25) is 0 Å². The van der Waals surface area contributed by atoms with Crippen molar-refractivity contribution in [1.82, 2.24) is 0 Å². The van der Waals surface area contributed by atoms with Gasteiger partial charge in [0.1, 0.15) is 0 Å². The van der Waals surface area contributed by atoms with Crippen LogP contribution < -0.4 is 0 Å². The number of carbonyl (C=O) groups is 1. The lowest BCUT2D eigenvalue weighted by molar-refractivity contribution is 0.0695. The molecule has 0 heterocycles. The minimum atomic E-state index is 0.165. The lowest BCUT2D eigenvalue weighted by Crippen LogP contribution is -2.05. The number of aryl methyl sites for hydroxylation is 1. The van der Waals surface area contributed by atoms with Gasteiger partial charge in [-0.15, -0.1) is 0 Å². The highest BCUT2D eigenvalue weighted by molar-refractivity contribution is 9.11. The highest BCUT2D eigenvalue weighted by Crippen LogP contribution is 2.42. The first-order valence-electron chi connectivity index (χ1n) is 19.5. The maximum absolute atomic E-state index is 11.5. The highest BCUT2D eigenvalue weighted by atomic mass is 79.9. The van der Waals surface area contributed by atoms with Gasteiger partial charge in [-0.25, -0.2) is 0 Å². The summed E-state index contributed by atoms with van der Waals surface area (Å²) in [4.78, 5) is 11.5. The number of rotatable bonds is 7. The Hall–Kier alpha value is -2.17. The molecule has 0 bridgehead atoms. The normalized spacial score (nSPS) is 24.0. The Bertz CT molecular complexity index is 1840. The Kier molecular flexibility index (Phi) is 16.4. The molecule has 7 unspecified atom stereocenters. The molecule has 0 aromatic heterocycles. The van der Waals surface area contributed by atoms with Crippen LogP contribution in [-0.2, 0) is 52.7 Å². The molecule has 0 aliphatic heterocycles. The average Bonchev–Trinajstić information content (AvgIpc) is 3.89. The number of halogens is 3. The highest BCUT2D eigenvalue weighted by Gasteiger charge is 2.32. The number of benzene rings is 4. The molecule has 296 valence electrons. The Morgan fingerprint density at radius 2 is 1.00 bits per heavy atom. The molecular weight excluding hydrogens is 884 g/mol. The minimum absolute atomic E-state index is 0.165. The first-order chi connectivity index (χ1) is 26.5. The van der Waals surface area contributed by atoms with Gasteiger partial charge in [0.15, 0.2) is 5.78 Å². The van der Waals surface area contributed by atoms with Crippen molar-refractivity contribution < 1.29 is 24.1 Å². The molecule has 7 atom stereocenters. The van der Waals surface area contributed by atoms with Gasteiger partial charge in [-0.3, -0.25) is 4.79 Å². The molecule has 4 aromatic carbocycles. The van der Waals surface area contributed by atoms with E-state index in [1.807, 2.05) is 32.2 Å². The van der Waals surface area contributed by atoms with Crippen LogP contribution in [0.4, 0.5) is 0 Å². The number of Topliss-reactive ketones (excluding diaryl/α,β-unsaturated/α-hetero) is 1. The fourth-order valence-corrected chi connectivity index (χ4v) is 10.5. The van der Waals surface area contributed by atoms with E-state index in [-0.39, 0.29) is 30.5 Å². The molecule has 8 heteroatoms. The van der Waals surface area contributed by atoms with Gasteiger partial charge in [0.2, 0.25) is 0 Å². The van der Waals surface area contributed by atoms with E-state index in [0.29, 0.717) is 23.9 Å². The maximum atomic E-state index is 11.5. The number of fused-ring (bicyclic) bond motifs is 4. The lowest BCUT2D eigenvalue weighted by atomic mass is 10.0. The van der Waals surface area contributed by atoms with Crippen LogP contribution in [0.25, 0.3) is 0 Å². The Balaban J connectivity index is 0.000000141. The number of alkyl halides is 1. The Labute approximate surface area is 354 Å². The molecule has 0 fully saturated rings. The zero-order chi connectivity index (χ0) is 39.8. The van der Waals surface area contributed by atoms with Crippen molar-refractivity contribution in [2.45, 2.75) is 84.5 Å². The Morgan fingerprint density at radius 1 is 0.582 bits per heavy atom. The van der Waals surface area contributed by atoms with Crippen molar-refractivity contribution in [1.29, 1.82) is 0 Å². The van der Waals surface area contributed by atoms with Gasteiger partial charge >= 0.3 is 0 Å². The van der Waals surface area contributed by atoms with E-state index in [1.54, 1.807) is 14.2 Å². The van der Waals surface area contributed by atoms with E-state index in [4.69, 9.17) is 19.3 Å². The summed E-state index contributed by atoms with van der Waals surface area (Å²) < 4.78 is 18.9. The Morgan fingerprint density at radius 3 is 1.45 bits per heavy atom. The topological polar surface area (TPSA) is 65.0 Å². The van der Waals surface area contributed by atoms with E-state index in [9.17, 15) is 4.79 Å². The summed E-state index contributed by atoms with van der Waals surface area (Å²) in [5, 5.41) is 10.0. The van der Waals surface area contributed by atoms with Gasteiger partial charge in [0.25, 0.3) is 0 Å². The number of hydrogen-bond acceptors (Lipinski definition) is 5. The van der Waals surface area contributed by atoms with Crippen molar-refractivity contribution in [3.63, 3.8) is 0 Å². The van der Waals surface area contributed by atoms with Gasteiger partial charge in [-0.1, -0.05) is 136 Å². The maximum Gasteiger partial charge on any atom is 0.166 e. The fourth-order valence-electron chi connectivity index (χ4n) is 9.03. The predicted octanol–water partition coefficient (Wildman–Crippen LogP) is 11.8. The second-order valence-corrected chi connectivity index (χ2v) is 17.9. The number of carbonyl (C=O) groups excluding carboxylic acids is 1. The van der Waals surface area contributed by atoms with Crippen molar-refractivity contribution in [2.24, 2.45) is 23.7 Å². The minimum Gasteiger partial charge on any atom is -0.396 e. The van der Waals surface area contributed by atoms with Crippen LogP contribution in [0.3, 0.4) is 0 Å². The monoisotopic (exact) mass is 938 g/mol. The van der Waals surface area contributed by atoms with E-state index in [1.165, 1.54) is 54.5 Å². The number of aliphatic hydroxyl groups is 1. The second kappa shape index (κ2) is 20.5. The van der Waals surface area contributed by atoms with Gasteiger partial charge < -0.3 is 19.3 Å². The molecule has 8 rings (SSSR count). The molecule has 0 spiro atoms. The molecular formula is C47H57Br3O5. The smallest absolute Gasteiger partial charge is 0.166 e. The van der Waals surface area contributed by atoms with Crippen LogP contribution in [0.1, 0.15) is 106 Å². The molecule has 0 radical (unpaired) electrons. The first-order valence-corrected chi connectivity index (χ1v) is 22.2. The molecule has 0 saturated heterocycles. The van der Waals surface area contributed by atoms with Gasteiger partial charge in [-0.05, 0) is 118 Å². The van der Waals surface area contributed by atoms with Gasteiger partial charge in [0, 0.05) is 53.7 Å². The molecule has 55 heavy (non-hydrogen) atoms. The molecule has 4 aliphatic carbocycles. The molecule has 1 N–H and O–H groups in total. The van der Waals surface area contributed by atoms with Crippen molar-refractivity contribution in [3.05, 3.63) is 137 Å². The third-order valence-corrected chi connectivity index (χ3v) is 13.6. The fraction of sp³-hybridized carbons (Fsp3) is 0.468.